The smallest absolute Gasteiger partial charge is 0.226 e. The van der Waals surface area contributed by atoms with Crippen molar-refractivity contribution in [3.63, 3.8) is 0 Å². The Labute approximate surface area is 121 Å². The van der Waals surface area contributed by atoms with E-state index in [-0.39, 0.29) is 28.1 Å². The summed E-state index contributed by atoms with van der Waals surface area (Å²) in [6, 6.07) is 2.22. The Bertz CT molecular complexity index is 478. The summed E-state index contributed by atoms with van der Waals surface area (Å²) in [6.45, 7) is 0. The second kappa shape index (κ2) is 5.65. The molecule has 0 atom stereocenters. The van der Waals surface area contributed by atoms with Crippen molar-refractivity contribution in [2.45, 2.75) is 37.6 Å². The topological polar surface area (TPSA) is 55.1 Å². The highest BCUT2D eigenvalue weighted by Crippen LogP contribution is 2.33. The van der Waals surface area contributed by atoms with Crippen molar-refractivity contribution in [1.82, 2.24) is 0 Å². The zero-order valence-corrected chi connectivity index (χ0v) is 11.8. The third-order valence-electron chi connectivity index (χ3n) is 3.38. The van der Waals surface area contributed by atoms with Gasteiger partial charge in [-0.1, -0.05) is 36.0 Å². The minimum atomic E-state index is -0.543. The quantitative estimate of drug-likeness (QED) is 0.894. The maximum atomic E-state index is 13.0. The molecule has 0 radical (unpaired) electrons. The molecule has 0 saturated heterocycles. The average molecular weight is 305 g/mol. The van der Waals surface area contributed by atoms with E-state index in [4.69, 9.17) is 28.9 Å². The number of hydrogen-bond acceptors (Lipinski definition) is 2. The molecule has 19 heavy (non-hydrogen) atoms. The number of hydrogen-bond donors (Lipinski definition) is 2. The standard InChI is InChI=1S/C13H15Cl2FN2O/c14-9-5-8(16)6-10(15)12(9)18-11(19)7-13(17)3-1-2-4-13/h5-6H,1-4,7,17H2,(H,18,19). The first-order valence-corrected chi connectivity index (χ1v) is 6.88. The van der Waals surface area contributed by atoms with Gasteiger partial charge in [-0.15, -0.1) is 0 Å². The lowest BCUT2D eigenvalue weighted by Gasteiger charge is -2.22. The fourth-order valence-electron chi connectivity index (χ4n) is 2.42. The first-order chi connectivity index (χ1) is 8.89. The Kier molecular flexibility index (Phi) is 4.33. The highest BCUT2D eigenvalue weighted by atomic mass is 35.5. The van der Waals surface area contributed by atoms with Crippen molar-refractivity contribution in [2.24, 2.45) is 5.73 Å². The first-order valence-electron chi connectivity index (χ1n) is 6.13. The molecule has 0 unspecified atom stereocenters. The monoisotopic (exact) mass is 304 g/mol. The van der Waals surface area contributed by atoms with Gasteiger partial charge < -0.3 is 11.1 Å². The molecule has 1 saturated carbocycles. The summed E-state index contributed by atoms with van der Waals surface area (Å²) in [6.07, 6.45) is 3.98. The molecule has 0 aromatic heterocycles. The molecule has 1 aromatic carbocycles. The number of benzene rings is 1. The van der Waals surface area contributed by atoms with E-state index in [1.807, 2.05) is 0 Å². The summed E-state index contributed by atoms with van der Waals surface area (Å²) in [4.78, 5) is 12.0. The number of anilines is 1. The maximum Gasteiger partial charge on any atom is 0.226 e. The third kappa shape index (κ3) is 3.59. The highest BCUT2D eigenvalue weighted by molar-refractivity contribution is 6.39. The second-order valence-electron chi connectivity index (χ2n) is 5.04. The van der Waals surface area contributed by atoms with Gasteiger partial charge in [-0.3, -0.25) is 4.79 Å². The van der Waals surface area contributed by atoms with Crippen LogP contribution in [0.4, 0.5) is 10.1 Å². The Morgan fingerprint density at radius 2 is 1.84 bits per heavy atom. The third-order valence-corrected chi connectivity index (χ3v) is 3.98. The maximum absolute atomic E-state index is 13.0. The Morgan fingerprint density at radius 1 is 1.32 bits per heavy atom. The molecule has 3 N–H and O–H groups in total. The predicted octanol–water partition coefficient (Wildman–Crippen LogP) is 3.73. The predicted molar refractivity (Wildman–Crippen MR) is 75.1 cm³/mol. The average Bonchev–Trinajstić information content (AvgIpc) is 2.70. The summed E-state index contributed by atoms with van der Waals surface area (Å²) in [5.74, 6) is -0.793. The van der Waals surface area contributed by atoms with Crippen LogP contribution in [0.15, 0.2) is 12.1 Å². The minimum absolute atomic E-state index is 0.0795. The van der Waals surface area contributed by atoms with Gasteiger partial charge in [-0.05, 0) is 25.0 Å². The van der Waals surface area contributed by atoms with Gasteiger partial charge in [0.1, 0.15) is 5.82 Å². The number of carbonyl (C=O) groups is 1. The second-order valence-corrected chi connectivity index (χ2v) is 5.85. The Morgan fingerprint density at radius 3 is 2.37 bits per heavy atom. The van der Waals surface area contributed by atoms with Crippen molar-refractivity contribution in [2.75, 3.05) is 5.32 Å². The summed E-state index contributed by atoms with van der Waals surface area (Å²) in [5, 5.41) is 2.77. The Balaban J connectivity index is 2.07. The zero-order valence-electron chi connectivity index (χ0n) is 10.3. The van der Waals surface area contributed by atoms with Crippen LogP contribution in [0.25, 0.3) is 0 Å². The van der Waals surface area contributed by atoms with Crippen molar-refractivity contribution in [1.29, 1.82) is 0 Å². The van der Waals surface area contributed by atoms with Gasteiger partial charge in [0, 0.05) is 12.0 Å². The number of amides is 1. The van der Waals surface area contributed by atoms with E-state index in [0.29, 0.717) is 0 Å². The number of nitrogens with one attached hydrogen (secondary N) is 1. The fourth-order valence-corrected chi connectivity index (χ4v) is 2.98. The molecule has 0 spiro atoms. The fraction of sp³-hybridized carbons (Fsp3) is 0.462. The van der Waals surface area contributed by atoms with Crippen LogP contribution in [0.2, 0.25) is 10.0 Å². The van der Waals surface area contributed by atoms with Gasteiger partial charge in [0.2, 0.25) is 5.91 Å². The lowest BCUT2D eigenvalue weighted by atomic mass is 9.94. The molecule has 1 aliphatic carbocycles. The number of carbonyl (C=O) groups excluding carboxylic acids is 1. The van der Waals surface area contributed by atoms with E-state index in [2.05, 4.69) is 5.32 Å². The SMILES string of the molecule is NC1(CC(=O)Nc2c(Cl)cc(F)cc2Cl)CCCC1. The first kappa shape index (κ1) is 14.6. The van der Waals surface area contributed by atoms with Gasteiger partial charge in [0.05, 0.1) is 15.7 Å². The van der Waals surface area contributed by atoms with E-state index in [1.165, 1.54) is 0 Å². The summed E-state index contributed by atoms with van der Waals surface area (Å²) >= 11 is 11.7. The van der Waals surface area contributed by atoms with Crippen LogP contribution in [0, 0.1) is 5.82 Å². The molecule has 104 valence electrons. The van der Waals surface area contributed by atoms with Crippen molar-refractivity contribution >= 4 is 34.8 Å². The highest BCUT2D eigenvalue weighted by Gasteiger charge is 2.32. The molecule has 1 aromatic rings. The van der Waals surface area contributed by atoms with E-state index in [9.17, 15) is 9.18 Å². The van der Waals surface area contributed by atoms with Crippen LogP contribution < -0.4 is 11.1 Å². The van der Waals surface area contributed by atoms with Gasteiger partial charge in [-0.25, -0.2) is 4.39 Å². The molecule has 0 bridgehead atoms. The lowest BCUT2D eigenvalue weighted by molar-refractivity contribution is -0.117. The molecule has 1 amide bonds. The van der Waals surface area contributed by atoms with Crippen molar-refractivity contribution in [3.8, 4) is 0 Å². The number of halogens is 3. The van der Waals surface area contributed by atoms with Gasteiger partial charge >= 0.3 is 0 Å². The molecule has 0 aliphatic heterocycles. The molecule has 1 aliphatic rings. The largest absolute Gasteiger partial charge is 0.325 e. The van der Waals surface area contributed by atoms with Gasteiger partial charge in [0.15, 0.2) is 0 Å². The minimum Gasteiger partial charge on any atom is -0.325 e. The molecular formula is C13H15Cl2FN2O. The Hall–Kier alpha value is -0.840. The summed E-state index contributed by atoms with van der Waals surface area (Å²) < 4.78 is 13.0. The summed E-state index contributed by atoms with van der Waals surface area (Å²) in [5.41, 5.74) is 5.92. The van der Waals surface area contributed by atoms with Crippen LogP contribution in [0.5, 0.6) is 0 Å². The lowest BCUT2D eigenvalue weighted by Crippen LogP contribution is -2.40. The van der Waals surface area contributed by atoms with E-state index < -0.39 is 11.4 Å². The van der Waals surface area contributed by atoms with Gasteiger partial charge in [0.25, 0.3) is 0 Å². The summed E-state index contributed by atoms with van der Waals surface area (Å²) in [7, 11) is 0. The van der Waals surface area contributed by atoms with E-state index in [1.54, 1.807) is 0 Å². The molecule has 2 rings (SSSR count). The molecular weight excluding hydrogens is 290 g/mol. The molecule has 6 heteroatoms. The van der Waals surface area contributed by atoms with Gasteiger partial charge in [-0.2, -0.15) is 0 Å². The van der Waals surface area contributed by atoms with Crippen molar-refractivity contribution < 1.29 is 9.18 Å². The molecule has 1 fully saturated rings. The van der Waals surface area contributed by atoms with Crippen LogP contribution in [-0.2, 0) is 4.79 Å². The van der Waals surface area contributed by atoms with Crippen LogP contribution >= 0.6 is 23.2 Å². The van der Waals surface area contributed by atoms with E-state index in [0.717, 1.165) is 37.8 Å². The zero-order chi connectivity index (χ0) is 14.0. The van der Waals surface area contributed by atoms with Crippen molar-refractivity contribution in [3.05, 3.63) is 28.0 Å². The molecule has 3 nitrogen and oxygen atoms in total. The number of rotatable bonds is 3. The van der Waals surface area contributed by atoms with Crippen LogP contribution in [0.1, 0.15) is 32.1 Å². The van der Waals surface area contributed by atoms with E-state index >= 15 is 0 Å². The number of nitrogens with two attached hydrogens (primary N) is 1. The van der Waals surface area contributed by atoms with Crippen LogP contribution in [-0.4, -0.2) is 11.4 Å². The normalized spacial score (nSPS) is 17.5. The molecule has 0 heterocycles. The van der Waals surface area contributed by atoms with Crippen LogP contribution in [0.3, 0.4) is 0 Å².